The van der Waals surface area contributed by atoms with E-state index >= 15 is 0 Å². The Bertz CT molecular complexity index is 1710. The van der Waals surface area contributed by atoms with Gasteiger partial charge in [-0.25, -0.2) is 4.98 Å². The molecule has 0 amide bonds. The van der Waals surface area contributed by atoms with Gasteiger partial charge in [0.15, 0.2) is 5.82 Å². The molecule has 6 aromatic rings. The lowest BCUT2D eigenvalue weighted by Gasteiger charge is -2.18. The molecule has 5 aromatic carbocycles. The Kier molecular flexibility index (Phi) is 6.16. The summed E-state index contributed by atoms with van der Waals surface area (Å²) in [5, 5.41) is 3.17. The molecule has 0 bridgehead atoms. The van der Waals surface area contributed by atoms with Crippen molar-refractivity contribution in [2.24, 2.45) is 0 Å². The van der Waals surface area contributed by atoms with Crippen molar-refractivity contribution in [3.63, 3.8) is 0 Å². The first-order chi connectivity index (χ1) is 18.1. The van der Waals surface area contributed by atoms with Gasteiger partial charge in [0.25, 0.3) is 0 Å². The van der Waals surface area contributed by atoms with Crippen LogP contribution in [0.5, 0.6) is 5.75 Å². The maximum Gasteiger partial charge on any atom is 0.222 e. The van der Waals surface area contributed by atoms with Crippen molar-refractivity contribution in [3.8, 4) is 16.9 Å². The van der Waals surface area contributed by atoms with Crippen molar-refractivity contribution in [2.45, 2.75) is 6.61 Å². The fourth-order valence-electron chi connectivity index (χ4n) is 4.37. The number of aromatic nitrogens is 2. The van der Waals surface area contributed by atoms with Crippen LogP contribution in [0.3, 0.4) is 0 Å². The molecule has 180 valence electrons. The van der Waals surface area contributed by atoms with Crippen molar-refractivity contribution in [3.05, 3.63) is 121 Å². The lowest BCUT2D eigenvalue weighted by Crippen LogP contribution is -2.07. The summed E-state index contributed by atoms with van der Waals surface area (Å²) < 4.78 is 7.87. The van der Waals surface area contributed by atoms with Crippen molar-refractivity contribution in [1.82, 2.24) is 9.97 Å². The number of anilines is 3. The van der Waals surface area contributed by atoms with E-state index in [4.69, 9.17) is 10.5 Å². The summed E-state index contributed by atoms with van der Waals surface area (Å²) in [6.45, 7) is 0.546. The Morgan fingerprint density at radius 1 is 0.703 bits per heavy atom. The fourth-order valence-corrected chi connectivity index (χ4v) is 4.88. The number of ether oxygens (including phenoxy) is 1. The lowest BCUT2D eigenvalue weighted by atomic mass is 9.99. The summed E-state index contributed by atoms with van der Waals surface area (Å²) in [6.07, 6.45) is 0. The van der Waals surface area contributed by atoms with E-state index < -0.39 is 0 Å². The van der Waals surface area contributed by atoms with Gasteiger partial charge in [0.1, 0.15) is 12.4 Å². The van der Waals surface area contributed by atoms with Gasteiger partial charge in [-0.05, 0) is 69.9 Å². The first kappa shape index (κ1) is 23.0. The molecule has 0 saturated heterocycles. The Hall–Kier alpha value is -4.42. The van der Waals surface area contributed by atoms with Crippen molar-refractivity contribution in [1.29, 1.82) is 0 Å². The average molecular weight is 547 g/mol. The average Bonchev–Trinajstić information content (AvgIpc) is 2.95. The van der Waals surface area contributed by atoms with E-state index in [1.165, 1.54) is 0 Å². The van der Waals surface area contributed by atoms with Crippen LogP contribution >= 0.6 is 16.1 Å². The summed E-state index contributed by atoms with van der Waals surface area (Å²) in [5.41, 5.74) is 11.1. The largest absolute Gasteiger partial charge is 0.489 e. The third-order valence-electron chi connectivity index (χ3n) is 6.26. The van der Waals surface area contributed by atoms with Gasteiger partial charge in [0.2, 0.25) is 5.95 Å². The number of hydrogen-bond acceptors (Lipinski definition) is 5. The number of nitrogens with zero attached hydrogens (tertiary/aromatic N) is 3. The highest BCUT2D eigenvalue weighted by molar-refractivity contribution is 9.10. The number of benzene rings is 5. The number of fused-ring (bicyclic) bond motifs is 2. The molecule has 2 N–H and O–H groups in total. The zero-order chi connectivity index (χ0) is 25.2. The van der Waals surface area contributed by atoms with Crippen LogP contribution in [0.25, 0.3) is 32.8 Å². The van der Waals surface area contributed by atoms with Crippen molar-refractivity contribution in [2.75, 3.05) is 9.66 Å². The number of nitrogen functional groups attached to an aromatic ring is 1. The highest BCUT2D eigenvalue weighted by Gasteiger charge is 2.15. The van der Waals surface area contributed by atoms with Crippen LogP contribution in [0.4, 0.5) is 17.5 Å². The molecule has 0 aliphatic carbocycles. The Morgan fingerprint density at radius 3 is 2.19 bits per heavy atom. The Morgan fingerprint density at radius 2 is 1.38 bits per heavy atom. The minimum Gasteiger partial charge on any atom is -0.489 e. The maximum absolute atomic E-state index is 6.04. The van der Waals surface area contributed by atoms with Gasteiger partial charge in [-0.1, -0.05) is 72.8 Å². The molecule has 6 heteroatoms. The van der Waals surface area contributed by atoms with Crippen LogP contribution < -0.4 is 14.4 Å². The number of nitrogens with two attached hydrogens (primary N) is 1. The molecule has 0 saturated carbocycles. The van der Waals surface area contributed by atoms with Crippen LogP contribution in [0, 0.1) is 0 Å². The van der Waals surface area contributed by atoms with E-state index in [-0.39, 0.29) is 5.95 Å². The van der Waals surface area contributed by atoms with E-state index in [2.05, 4.69) is 80.7 Å². The fraction of sp³-hybridized carbons (Fsp3) is 0.0323. The van der Waals surface area contributed by atoms with E-state index in [1.807, 2.05) is 64.6 Å². The molecule has 1 aromatic heterocycles. The van der Waals surface area contributed by atoms with Crippen molar-refractivity contribution < 1.29 is 4.74 Å². The second-order valence-electron chi connectivity index (χ2n) is 8.75. The standard InChI is InChI=1S/C31H23BrN4O/c32-36(26-9-5-2-6-10-26)30-28-19-25(14-16-29(28)34-31(33)35-30)22-11-12-24-18-27(15-13-23(24)17-22)37-20-21-7-3-1-4-8-21/h1-19H,20H2,(H2,33,34,35). The van der Waals surface area contributed by atoms with Gasteiger partial charge < -0.3 is 10.5 Å². The molecule has 0 aliphatic heterocycles. The van der Waals surface area contributed by atoms with Crippen LogP contribution in [-0.2, 0) is 6.61 Å². The molecule has 0 unspecified atom stereocenters. The second kappa shape index (κ2) is 9.91. The predicted octanol–water partition coefficient (Wildman–Crippen LogP) is 8.06. The van der Waals surface area contributed by atoms with Gasteiger partial charge in [-0.2, -0.15) is 4.98 Å². The first-order valence-electron chi connectivity index (χ1n) is 11.9. The number of hydrogen-bond donors (Lipinski definition) is 1. The van der Waals surface area contributed by atoms with E-state index in [9.17, 15) is 0 Å². The van der Waals surface area contributed by atoms with E-state index in [0.29, 0.717) is 12.4 Å². The molecular formula is C31H23BrN4O. The summed E-state index contributed by atoms with van der Waals surface area (Å²) in [6, 6.07) is 39.0. The van der Waals surface area contributed by atoms with Crippen LogP contribution in [0.1, 0.15) is 5.56 Å². The minimum atomic E-state index is 0.228. The molecular weight excluding hydrogens is 524 g/mol. The highest BCUT2D eigenvalue weighted by atomic mass is 79.9. The zero-order valence-corrected chi connectivity index (χ0v) is 21.5. The monoisotopic (exact) mass is 546 g/mol. The Labute approximate surface area is 223 Å². The molecule has 0 spiro atoms. The van der Waals surface area contributed by atoms with Gasteiger partial charge >= 0.3 is 0 Å². The third-order valence-corrected chi connectivity index (χ3v) is 7.00. The lowest BCUT2D eigenvalue weighted by molar-refractivity contribution is 0.306. The topological polar surface area (TPSA) is 64.3 Å². The smallest absolute Gasteiger partial charge is 0.222 e. The molecule has 37 heavy (non-hydrogen) atoms. The SMILES string of the molecule is Nc1nc(N(Br)c2ccccc2)c2cc(-c3ccc4cc(OCc5ccccc5)ccc4c3)ccc2n1. The minimum absolute atomic E-state index is 0.228. The van der Waals surface area contributed by atoms with Gasteiger partial charge in [-0.15, -0.1) is 0 Å². The quantitative estimate of drug-likeness (QED) is 0.214. The van der Waals surface area contributed by atoms with E-state index in [1.54, 1.807) is 0 Å². The number of rotatable bonds is 6. The van der Waals surface area contributed by atoms with Crippen LogP contribution in [0.2, 0.25) is 0 Å². The van der Waals surface area contributed by atoms with Crippen molar-refractivity contribution >= 4 is 55.3 Å². The molecule has 0 radical (unpaired) electrons. The summed E-state index contributed by atoms with van der Waals surface area (Å²) in [7, 11) is 0. The van der Waals surface area contributed by atoms with Crippen LogP contribution in [-0.4, -0.2) is 9.97 Å². The first-order valence-corrected chi connectivity index (χ1v) is 12.6. The third kappa shape index (κ3) is 4.84. The van der Waals surface area contributed by atoms with Gasteiger partial charge in [0, 0.05) is 5.39 Å². The Balaban J connectivity index is 1.33. The van der Waals surface area contributed by atoms with E-state index in [0.717, 1.165) is 49.8 Å². The number of para-hydroxylation sites is 1. The van der Waals surface area contributed by atoms with Gasteiger partial charge in [-0.3, -0.25) is 3.93 Å². The predicted molar refractivity (Wildman–Crippen MR) is 155 cm³/mol. The van der Waals surface area contributed by atoms with Gasteiger partial charge in [0.05, 0.1) is 27.4 Å². The summed E-state index contributed by atoms with van der Waals surface area (Å²) in [5.74, 6) is 1.77. The molecule has 0 aliphatic rings. The maximum atomic E-state index is 6.04. The summed E-state index contributed by atoms with van der Waals surface area (Å²) in [4.78, 5) is 8.99. The molecule has 1 heterocycles. The zero-order valence-electron chi connectivity index (χ0n) is 19.9. The molecule has 0 fully saturated rings. The molecule has 5 nitrogen and oxygen atoms in total. The molecule has 0 atom stereocenters. The van der Waals surface area contributed by atoms with Crippen LogP contribution in [0.15, 0.2) is 115 Å². The second-order valence-corrected chi connectivity index (χ2v) is 9.46. The summed E-state index contributed by atoms with van der Waals surface area (Å²) >= 11 is 3.67. The normalized spacial score (nSPS) is 11.1. The highest BCUT2D eigenvalue weighted by Crippen LogP contribution is 2.36. The molecule has 6 rings (SSSR count). The number of halogens is 1.